The van der Waals surface area contributed by atoms with Gasteiger partial charge < -0.3 is 9.64 Å². The Hall–Kier alpha value is -2.21. The number of likely N-dealkylation sites (tertiary alicyclic amines) is 1. The molecule has 0 radical (unpaired) electrons. The molecule has 138 valence electrons. The minimum atomic E-state index is -0.314. The summed E-state index contributed by atoms with van der Waals surface area (Å²) < 4.78 is 5.56. The second-order valence-electron chi connectivity index (χ2n) is 7.32. The first kappa shape index (κ1) is 17.2. The highest BCUT2D eigenvalue weighted by molar-refractivity contribution is 6.22. The fourth-order valence-electron chi connectivity index (χ4n) is 4.04. The maximum Gasteiger partial charge on any atom is 0.261 e. The lowest BCUT2D eigenvalue weighted by atomic mass is 10.0. The van der Waals surface area contributed by atoms with E-state index in [9.17, 15) is 14.4 Å². The molecule has 26 heavy (non-hydrogen) atoms. The fourth-order valence-corrected chi connectivity index (χ4v) is 4.04. The third kappa shape index (κ3) is 3.14. The van der Waals surface area contributed by atoms with Crippen LogP contribution in [0.5, 0.6) is 0 Å². The Labute approximate surface area is 153 Å². The molecule has 1 atom stereocenters. The van der Waals surface area contributed by atoms with E-state index in [1.54, 1.807) is 18.2 Å². The first-order valence-corrected chi connectivity index (χ1v) is 9.56. The van der Waals surface area contributed by atoms with Crippen LogP contribution in [0.2, 0.25) is 0 Å². The first-order valence-electron chi connectivity index (χ1n) is 9.56. The number of hydrogen-bond donors (Lipinski definition) is 0. The Morgan fingerprint density at radius 3 is 2.42 bits per heavy atom. The number of carbonyl (C=O) groups excluding carboxylic acids is 3. The molecular weight excluding hydrogens is 332 g/mol. The number of hydrogen-bond acceptors (Lipinski definition) is 4. The van der Waals surface area contributed by atoms with Crippen LogP contribution >= 0.6 is 0 Å². The molecule has 1 aromatic carbocycles. The first-order chi connectivity index (χ1) is 12.6. The predicted molar refractivity (Wildman–Crippen MR) is 95.2 cm³/mol. The van der Waals surface area contributed by atoms with Crippen molar-refractivity contribution >= 4 is 17.7 Å². The van der Waals surface area contributed by atoms with Gasteiger partial charge in [-0.15, -0.1) is 0 Å². The van der Waals surface area contributed by atoms with Gasteiger partial charge in [0.2, 0.25) is 0 Å². The molecule has 0 N–H and O–H groups in total. The van der Waals surface area contributed by atoms with E-state index in [0.29, 0.717) is 29.8 Å². The van der Waals surface area contributed by atoms with Crippen LogP contribution in [0.25, 0.3) is 0 Å². The lowest BCUT2D eigenvalue weighted by Crippen LogP contribution is -2.36. The summed E-state index contributed by atoms with van der Waals surface area (Å²) >= 11 is 0. The molecule has 3 aliphatic heterocycles. The average Bonchev–Trinajstić information content (AvgIpc) is 3.13. The minimum Gasteiger partial charge on any atom is -0.376 e. The van der Waals surface area contributed by atoms with Gasteiger partial charge in [0.15, 0.2) is 0 Å². The highest BCUT2D eigenvalue weighted by Gasteiger charge is 2.38. The highest BCUT2D eigenvalue weighted by atomic mass is 16.5. The van der Waals surface area contributed by atoms with Crippen LogP contribution in [0, 0.1) is 0 Å². The van der Waals surface area contributed by atoms with E-state index in [4.69, 9.17) is 4.74 Å². The van der Waals surface area contributed by atoms with Crippen molar-refractivity contribution in [1.82, 2.24) is 9.80 Å². The summed E-state index contributed by atoms with van der Waals surface area (Å²) in [5.41, 5.74) is 1.22. The standard InChI is InChI=1S/C20H24N2O4/c23-18(21-9-3-1-2-4-10-21)14-7-8-16-17(12-14)20(25)22(19(16)24)13-15-6-5-11-26-15/h7-8,12,15H,1-6,9-11,13H2. The summed E-state index contributed by atoms with van der Waals surface area (Å²) in [6, 6.07) is 4.89. The molecule has 6 nitrogen and oxygen atoms in total. The van der Waals surface area contributed by atoms with Crippen molar-refractivity contribution in [2.45, 2.75) is 44.6 Å². The van der Waals surface area contributed by atoms with Crippen molar-refractivity contribution in [2.24, 2.45) is 0 Å². The van der Waals surface area contributed by atoms with Gasteiger partial charge in [-0.25, -0.2) is 0 Å². The zero-order valence-electron chi connectivity index (χ0n) is 14.9. The second-order valence-corrected chi connectivity index (χ2v) is 7.32. The average molecular weight is 356 g/mol. The van der Waals surface area contributed by atoms with E-state index in [1.165, 1.54) is 4.90 Å². The van der Waals surface area contributed by atoms with Gasteiger partial charge in [0.25, 0.3) is 17.7 Å². The molecule has 2 fully saturated rings. The highest BCUT2D eigenvalue weighted by Crippen LogP contribution is 2.26. The van der Waals surface area contributed by atoms with E-state index < -0.39 is 0 Å². The molecule has 0 saturated carbocycles. The third-order valence-electron chi connectivity index (χ3n) is 5.52. The molecule has 0 spiro atoms. The topological polar surface area (TPSA) is 66.9 Å². The van der Waals surface area contributed by atoms with Crippen LogP contribution in [0.3, 0.4) is 0 Å². The number of benzene rings is 1. The Morgan fingerprint density at radius 1 is 1.00 bits per heavy atom. The zero-order valence-corrected chi connectivity index (χ0v) is 14.9. The molecular formula is C20H24N2O4. The quantitative estimate of drug-likeness (QED) is 0.781. The summed E-state index contributed by atoms with van der Waals surface area (Å²) in [6.07, 6.45) is 6.09. The van der Waals surface area contributed by atoms with Gasteiger partial charge in [-0.05, 0) is 43.9 Å². The molecule has 3 aliphatic rings. The Bertz CT molecular complexity index is 731. The molecule has 3 amide bonds. The SMILES string of the molecule is O=C(c1ccc2c(c1)C(=O)N(CC1CCCO1)C2=O)N1CCCCCC1. The number of carbonyl (C=O) groups is 3. The Morgan fingerprint density at radius 2 is 1.73 bits per heavy atom. The molecule has 6 heteroatoms. The van der Waals surface area contributed by atoms with E-state index in [0.717, 1.165) is 51.6 Å². The van der Waals surface area contributed by atoms with Crippen molar-refractivity contribution in [3.8, 4) is 0 Å². The summed E-state index contributed by atoms with van der Waals surface area (Å²) in [4.78, 5) is 41.2. The summed E-state index contributed by atoms with van der Waals surface area (Å²) in [5, 5.41) is 0. The van der Waals surface area contributed by atoms with Crippen molar-refractivity contribution in [3.05, 3.63) is 34.9 Å². The van der Waals surface area contributed by atoms with Crippen LogP contribution in [-0.2, 0) is 4.74 Å². The fraction of sp³-hybridized carbons (Fsp3) is 0.550. The van der Waals surface area contributed by atoms with Gasteiger partial charge in [0.05, 0.1) is 23.8 Å². The Balaban J connectivity index is 1.54. The van der Waals surface area contributed by atoms with Gasteiger partial charge in [-0.3, -0.25) is 19.3 Å². The third-order valence-corrected chi connectivity index (χ3v) is 5.52. The molecule has 0 bridgehead atoms. The molecule has 1 unspecified atom stereocenters. The van der Waals surface area contributed by atoms with E-state index in [1.807, 2.05) is 4.90 Å². The maximum atomic E-state index is 12.8. The predicted octanol–water partition coefficient (Wildman–Crippen LogP) is 2.48. The van der Waals surface area contributed by atoms with E-state index in [-0.39, 0.29) is 23.8 Å². The summed E-state index contributed by atoms with van der Waals surface area (Å²) in [5.74, 6) is -0.646. The van der Waals surface area contributed by atoms with Crippen LogP contribution in [0.4, 0.5) is 0 Å². The van der Waals surface area contributed by atoms with Gasteiger partial charge in [-0.1, -0.05) is 12.8 Å². The van der Waals surface area contributed by atoms with E-state index in [2.05, 4.69) is 0 Å². The molecule has 0 aromatic heterocycles. The monoisotopic (exact) mass is 356 g/mol. The molecule has 3 heterocycles. The van der Waals surface area contributed by atoms with Crippen molar-refractivity contribution < 1.29 is 19.1 Å². The summed E-state index contributed by atoms with van der Waals surface area (Å²) in [6.45, 7) is 2.49. The van der Waals surface area contributed by atoms with Crippen molar-refractivity contribution in [3.63, 3.8) is 0 Å². The number of nitrogens with zero attached hydrogens (tertiary/aromatic N) is 2. The number of ether oxygens (including phenoxy) is 1. The number of amides is 3. The maximum absolute atomic E-state index is 12.8. The zero-order chi connectivity index (χ0) is 18.1. The van der Waals surface area contributed by atoms with Crippen LogP contribution in [0.15, 0.2) is 18.2 Å². The normalized spacial score (nSPS) is 23.3. The molecule has 0 aliphatic carbocycles. The van der Waals surface area contributed by atoms with Crippen LogP contribution in [0.1, 0.15) is 69.6 Å². The van der Waals surface area contributed by atoms with Crippen LogP contribution < -0.4 is 0 Å². The Kier molecular flexibility index (Phi) is 4.76. The van der Waals surface area contributed by atoms with Crippen LogP contribution in [-0.4, -0.2) is 59.9 Å². The van der Waals surface area contributed by atoms with Gasteiger partial charge in [0, 0.05) is 25.3 Å². The van der Waals surface area contributed by atoms with Gasteiger partial charge >= 0.3 is 0 Å². The number of imide groups is 1. The lowest BCUT2D eigenvalue weighted by Gasteiger charge is -2.20. The lowest BCUT2D eigenvalue weighted by molar-refractivity contribution is 0.0475. The number of fused-ring (bicyclic) bond motifs is 1. The smallest absolute Gasteiger partial charge is 0.261 e. The van der Waals surface area contributed by atoms with Crippen molar-refractivity contribution in [2.75, 3.05) is 26.2 Å². The largest absolute Gasteiger partial charge is 0.376 e. The molecule has 1 aromatic rings. The minimum absolute atomic E-state index is 0.0486. The van der Waals surface area contributed by atoms with Crippen molar-refractivity contribution in [1.29, 1.82) is 0 Å². The van der Waals surface area contributed by atoms with Gasteiger partial charge in [-0.2, -0.15) is 0 Å². The summed E-state index contributed by atoms with van der Waals surface area (Å²) in [7, 11) is 0. The molecule has 4 rings (SSSR count). The van der Waals surface area contributed by atoms with Gasteiger partial charge in [0.1, 0.15) is 0 Å². The molecule has 2 saturated heterocycles. The van der Waals surface area contributed by atoms with E-state index >= 15 is 0 Å². The number of rotatable bonds is 3. The second kappa shape index (κ2) is 7.19.